The molecule has 0 spiro atoms. The molecule has 0 bridgehead atoms. The zero-order valence-corrected chi connectivity index (χ0v) is 14.8. The van der Waals surface area contributed by atoms with Gasteiger partial charge in [0.25, 0.3) is 0 Å². The molecule has 2 rings (SSSR count). The molecule has 27 heavy (non-hydrogen) atoms. The van der Waals surface area contributed by atoms with Crippen LogP contribution in [0.15, 0.2) is 0 Å². The molecule has 15 heteroatoms. The molecule has 0 aromatic carbocycles. The average Bonchev–Trinajstić information content (AvgIpc) is 2.80. The van der Waals surface area contributed by atoms with E-state index in [0.717, 1.165) is 0 Å². The SMILES string of the molecule is OC[C@H]1O[C@@](CO)(O[C@H]2O[C@H](CO)[C@@H](O)[C@H](O)[C@H]2O)[C@@H](O)[C@@H]1O.[Fe+3].[OH-].[OH-].[OH-]. The van der Waals surface area contributed by atoms with Crippen molar-refractivity contribution >= 4 is 0 Å². The molecule has 9 atom stereocenters. The number of rotatable bonds is 5. The van der Waals surface area contributed by atoms with E-state index in [1.165, 1.54) is 0 Å². The van der Waals surface area contributed by atoms with Crippen LogP contribution in [0, 0.1) is 0 Å². The first-order valence-corrected chi connectivity index (χ1v) is 7.05. The van der Waals surface area contributed by atoms with E-state index < -0.39 is 74.6 Å². The van der Waals surface area contributed by atoms with Gasteiger partial charge in [-0.1, -0.05) is 0 Å². The summed E-state index contributed by atoms with van der Waals surface area (Å²) in [5.41, 5.74) is 0. The van der Waals surface area contributed by atoms with Crippen LogP contribution in [0.25, 0.3) is 0 Å². The Hall–Kier alpha value is -0.0405. The standard InChI is InChI=1S/C12H22O11.Fe.3H2O/c13-1-4-6(16)8(18)9(19)11(21-4)23-12(3-15)10(20)7(17)5(2-14)22-12;;;;/h4-11,13-20H,1-3H2;;3*1H2/q;+3;;;/p-3/t4-,5-,6-,7-,8+,9-,10+,11-,12+;;;;/m1..../s1. The summed E-state index contributed by atoms with van der Waals surface area (Å²) in [6, 6.07) is 0. The first kappa shape index (κ1) is 31.6. The predicted octanol–water partition coefficient (Wildman–Crippen LogP) is -5.93. The van der Waals surface area contributed by atoms with Crippen LogP contribution in [0.1, 0.15) is 0 Å². The molecule has 14 nitrogen and oxygen atoms in total. The molecular formula is C12H25FeO14. The first-order valence-electron chi connectivity index (χ1n) is 7.05. The van der Waals surface area contributed by atoms with Gasteiger partial charge in [0.2, 0.25) is 5.79 Å². The van der Waals surface area contributed by atoms with E-state index in [0.29, 0.717) is 0 Å². The Morgan fingerprint density at radius 1 is 0.741 bits per heavy atom. The summed E-state index contributed by atoms with van der Waals surface area (Å²) in [7, 11) is 0. The number of hydrogen-bond acceptors (Lipinski definition) is 14. The Morgan fingerprint density at radius 3 is 1.67 bits per heavy atom. The molecule has 1 radical (unpaired) electrons. The minimum Gasteiger partial charge on any atom is -0.870 e. The fraction of sp³-hybridized carbons (Fsp3) is 1.00. The zero-order chi connectivity index (χ0) is 17.4. The van der Waals surface area contributed by atoms with Crippen molar-refractivity contribution in [2.45, 2.75) is 54.8 Å². The second kappa shape index (κ2) is 12.5. The predicted molar refractivity (Wildman–Crippen MR) is 74.4 cm³/mol. The van der Waals surface area contributed by atoms with Crippen molar-refractivity contribution in [2.75, 3.05) is 19.8 Å². The summed E-state index contributed by atoms with van der Waals surface area (Å²) in [6.07, 6.45) is -12.7. The van der Waals surface area contributed by atoms with Crippen molar-refractivity contribution in [1.29, 1.82) is 0 Å². The molecule has 11 N–H and O–H groups in total. The van der Waals surface area contributed by atoms with Gasteiger partial charge in [0.15, 0.2) is 6.29 Å². The van der Waals surface area contributed by atoms with Gasteiger partial charge in [-0.2, -0.15) is 0 Å². The minimum absolute atomic E-state index is 0. The summed E-state index contributed by atoms with van der Waals surface area (Å²) < 4.78 is 15.4. The molecule has 2 heterocycles. The number of aliphatic hydroxyl groups excluding tert-OH is 8. The molecule has 0 aliphatic carbocycles. The second-order valence-corrected chi connectivity index (χ2v) is 5.56. The van der Waals surface area contributed by atoms with Crippen LogP contribution in [0.4, 0.5) is 0 Å². The first-order chi connectivity index (χ1) is 10.8. The van der Waals surface area contributed by atoms with Crippen molar-refractivity contribution < 1.29 is 88.6 Å². The molecular weight excluding hydrogens is 424 g/mol. The number of aliphatic hydroxyl groups is 8. The van der Waals surface area contributed by atoms with E-state index in [4.69, 9.17) is 24.4 Å². The van der Waals surface area contributed by atoms with Gasteiger partial charge >= 0.3 is 17.1 Å². The third kappa shape index (κ3) is 5.74. The largest absolute Gasteiger partial charge is 3.00 e. The van der Waals surface area contributed by atoms with Gasteiger partial charge in [0.1, 0.15) is 49.3 Å². The normalized spacial score (nSPS) is 43.6. The van der Waals surface area contributed by atoms with E-state index in [9.17, 15) is 30.6 Å². The molecule has 165 valence electrons. The van der Waals surface area contributed by atoms with Crippen LogP contribution in [0.5, 0.6) is 0 Å². The molecule has 2 aliphatic rings. The molecule has 2 fully saturated rings. The number of ether oxygens (including phenoxy) is 3. The fourth-order valence-corrected chi connectivity index (χ4v) is 2.63. The third-order valence-corrected chi connectivity index (χ3v) is 4.07. The second-order valence-electron chi connectivity index (χ2n) is 5.56. The van der Waals surface area contributed by atoms with E-state index >= 15 is 0 Å². The van der Waals surface area contributed by atoms with Gasteiger partial charge < -0.3 is 71.5 Å². The van der Waals surface area contributed by atoms with E-state index in [1.54, 1.807) is 0 Å². The van der Waals surface area contributed by atoms with Crippen molar-refractivity contribution in [3.8, 4) is 0 Å². The molecule has 0 aromatic heterocycles. The fourth-order valence-electron chi connectivity index (χ4n) is 2.63. The van der Waals surface area contributed by atoms with Crippen LogP contribution in [-0.4, -0.2) is 132 Å². The maximum atomic E-state index is 10.00. The zero-order valence-electron chi connectivity index (χ0n) is 13.7. The monoisotopic (exact) mass is 449 g/mol. The van der Waals surface area contributed by atoms with Crippen molar-refractivity contribution in [2.24, 2.45) is 0 Å². The van der Waals surface area contributed by atoms with Gasteiger partial charge in [-0.3, -0.25) is 0 Å². The summed E-state index contributed by atoms with van der Waals surface area (Å²) in [4.78, 5) is 0. The Balaban J connectivity index is -0.00000144. The van der Waals surface area contributed by atoms with Crippen LogP contribution in [-0.2, 0) is 31.3 Å². The van der Waals surface area contributed by atoms with Crippen molar-refractivity contribution in [3.05, 3.63) is 0 Å². The van der Waals surface area contributed by atoms with Crippen molar-refractivity contribution in [1.82, 2.24) is 0 Å². The molecule has 2 saturated heterocycles. The maximum absolute atomic E-state index is 10.00. The smallest absolute Gasteiger partial charge is 0.870 e. The van der Waals surface area contributed by atoms with Gasteiger partial charge in [0.05, 0.1) is 13.2 Å². The average molecular weight is 449 g/mol. The van der Waals surface area contributed by atoms with Crippen molar-refractivity contribution in [3.63, 3.8) is 0 Å². The van der Waals surface area contributed by atoms with E-state index in [1.807, 2.05) is 0 Å². The van der Waals surface area contributed by atoms with E-state index in [2.05, 4.69) is 0 Å². The molecule has 0 amide bonds. The van der Waals surface area contributed by atoms with E-state index in [-0.39, 0.29) is 33.5 Å². The third-order valence-electron chi connectivity index (χ3n) is 4.07. The van der Waals surface area contributed by atoms with Gasteiger partial charge in [-0.15, -0.1) is 0 Å². The quantitative estimate of drug-likeness (QED) is 0.181. The van der Waals surface area contributed by atoms with Crippen LogP contribution >= 0.6 is 0 Å². The Kier molecular flexibility index (Phi) is 14.7. The van der Waals surface area contributed by atoms with Crippen LogP contribution in [0.3, 0.4) is 0 Å². The Bertz CT molecular complexity index is 402. The maximum Gasteiger partial charge on any atom is 3.00 e. The summed E-state index contributed by atoms with van der Waals surface area (Å²) in [5.74, 6) is -2.22. The Morgan fingerprint density at radius 2 is 1.26 bits per heavy atom. The summed E-state index contributed by atoms with van der Waals surface area (Å²) >= 11 is 0. The topological polar surface area (TPSA) is 280 Å². The summed E-state index contributed by atoms with van der Waals surface area (Å²) in [5, 5.41) is 76.7. The minimum atomic E-state index is -2.22. The van der Waals surface area contributed by atoms with Gasteiger partial charge in [0, 0.05) is 0 Å². The van der Waals surface area contributed by atoms with Gasteiger partial charge in [-0.05, 0) is 0 Å². The van der Waals surface area contributed by atoms with Crippen LogP contribution < -0.4 is 0 Å². The molecule has 0 unspecified atom stereocenters. The Labute approximate surface area is 163 Å². The molecule has 2 aliphatic heterocycles. The summed E-state index contributed by atoms with van der Waals surface area (Å²) in [6.45, 7) is -2.32. The van der Waals surface area contributed by atoms with Gasteiger partial charge in [-0.25, -0.2) is 0 Å². The molecule has 0 aromatic rings. The number of hydrogen-bond donors (Lipinski definition) is 8. The molecule has 0 saturated carbocycles. The van der Waals surface area contributed by atoms with Crippen LogP contribution in [0.2, 0.25) is 0 Å².